The molecule has 0 aromatic heterocycles. The minimum absolute atomic E-state index is 0.329. The van der Waals surface area contributed by atoms with E-state index in [0.717, 1.165) is 5.56 Å². The van der Waals surface area contributed by atoms with E-state index in [2.05, 4.69) is 15.8 Å². The third kappa shape index (κ3) is 4.82. The van der Waals surface area contributed by atoms with Gasteiger partial charge < -0.3 is 5.32 Å². The van der Waals surface area contributed by atoms with Crippen molar-refractivity contribution in [3.8, 4) is 0 Å². The minimum atomic E-state index is -0.895. The van der Waals surface area contributed by atoms with E-state index in [1.165, 1.54) is 30.5 Å². The molecular formula is C16H14FN3O2. The zero-order chi connectivity index (χ0) is 15.8. The summed E-state index contributed by atoms with van der Waals surface area (Å²) in [6, 6.07) is 14.7. The average molecular weight is 299 g/mol. The van der Waals surface area contributed by atoms with Crippen molar-refractivity contribution in [1.82, 2.24) is 5.43 Å². The van der Waals surface area contributed by atoms with E-state index in [0.29, 0.717) is 12.1 Å². The Labute approximate surface area is 126 Å². The molecule has 0 unspecified atom stereocenters. The molecule has 2 rings (SSSR count). The van der Waals surface area contributed by atoms with Gasteiger partial charge in [-0.1, -0.05) is 30.3 Å². The Morgan fingerprint density at radius 1 is 1.00 bits per heavy atom. The molecule has 22 heavy (non-hydrogen) atoms. The molecule has 5 nitrogen and oxygen atoms in total. The highest BCUT2D eigenvalue weighted by atomic mass is 19.1. The molecule has 2 aromatic carbocycles. The summed E-state index contributed by atoms with van der Waals surface area (Å²) in [5.41, 5.74) is 3.50. The number of nitrogens with one attached hydrogen (secondary N) is 2. The number of halogens is 1. The Balaban J connectivity index is 1.79. The van der Waals surface area contributed by atoms with E-state index in [1.807, 2.05) is 30.3 Å². The molecule has 2 N–H and O–H groups in total. The molecule has 6 heteroatoms. The Morgan fingerprint density at radius 2 is 1.68 bits per heavy atom. The van der Waals surface area contributed by atoms with Crippen molar-refractivity contribution in [2.75, 3.05) is 5.32 Å². The average Bonchev–Trinajstić information content (AvgIpc) is 2.54. The van der Waals surface area contributed by atoms with Crippen LogP contribution in [0, 0.1) is 5.82 Å². The molecule has 0 atom stereocenters. The molecule has 0 aliphatic heterocycles. The minimum Gasteiger partial charge on any atom is -0.318 e. The highest BCUT2D eigenvalue weighted by molar-refractivity contribution is 6.39. The first-order chi connectivity index (χ1) is 10.6. The standard InChI is InChI=1S/C16H14FN3O2/c17-13-6-8-14(9-7-13)19-15(21)16(22)20-18-11-10-12-4-2-1-3-5-12/h1-9,11H,10H2,(H,19,21)(H,20,22). The third-order valence-electron chi connectivity index (χ3n) is 2.74. The van der Waals surface area contributed by atoms with Gasteiger partial charge in [-0.15, -0.1) is 0 Å². The van der Waals surface area contributed by atoms with Crippen molar-refractivity contribution >= 4 is 23.7 Å². The summed E-state index contributed by atoms with van der Waals surface area (Å²) in [4.78, 5) is 23.1. The predicted octanol–water partition coefficient (Wildman–Crippen LogP) is 2.11. The molecule has 0 radical (unpaired) electrons. The van der Waals surface area contributed by atoms with Crippen LogP contribution in [-0.2, 0) is 16.0 Å². The summed E-state index contributed by atoms with van der Waals surface area (Å²) < 4.78 is 12.7. The van der Waals surface area contributed by atoms with Gasteiger partial charge in [-0.05, 0) is 29.8 Å². The Morgan fingerprint density at radius 3 is 2.36 bits per heavy atom. The summed E-state index contributed by atoms with van der Waals surface area (Å²) in [6.07, 6.45) is 2.04. The Bertz CT molecular complexity index is 670. The van der Waals surface area contributed by atoms with E-state index in [1.54, 1.807) is 0 Å². The number of nitrogens with zero attached hydrogens (tertiary/aromatic N) is 1. The van der Waals surface area contributed by atoms with Crippen LogP contribution in [0.15, 0.2) is 59.7 Å². The van der Waals surface area contributed by atoms with Crippen LogP contribution in [0.1, 0.15) is 5.56 Å². The summed E-state index contributed by atoms with van der Waals surface area (Å²) in [5.74, 6) is -2.19. The lowest BCUT2D eigenvalue weighted by Crippen LogP contribution is -2.32. The normalized spacial score (nSPS) is 10.4. The van der Waals surface area contributed by atoms with E-state index >= 15 is 0 Å². The summed E-state index contributed by atoms with van der Waals surface area (Å²) in [5, 5.41) is 6.03. The fourth-order valence-electron chi connectivity index (χ4n) is 1.64. The van der Waals surface area contributed by atoms with Gasteiger partial charge >= 0.3 is 11.8 Å². The van der Waals surface area contributed by atoms with Crippen molar-refractivity contribution < 1.29 is 14.0 Å². The second-order valence-electron chi connectivity index (χ2n) is 4.40. The highest BCUT2D eigenvalue weighted by Crippen LogP contribution is 2.07. The molecule has 2 aromatic rings. The first kappa shape index (κ1) is 15.4. The Kier molecular flexibility index (Phi) is 5.37. The number of rotatable bonds is 4. The van der Waals surface area contributed by atoms with E-state index in [4.69, 9.17) is 0 Å². The lowest BCUT2D eigenvalue weighted by molar-refractivity contribution is -0.136. The van der Waals surface area contributed by atoms with Crippen LogP contribution in [-0.4, -0.2) is 18.0 Å². The van der Waals surface area contributed by atoms with Gasteiger partial charge in [-0.2, -0.15) is 5.10 Å². The fourth-order valence-corrected chi connectivity index (χ4v) is 1.64. The van der Waals surface area contributed by atoms with Crippen molar-refractivity contribution in [3.63, 3.8) is 0 Å². The number of hydrogen-bond acceptors (Lipinski definition) is 3. The van der Waals surface area contributed by atoms with Crippen LogP contribution in [0.2, 0.25) is 0 Å². The third-order valence-corrected chi connectivity index (χ3v) is 2.74. The number of carbonyl (C=O) groups is 2. The van der Waals surface area contributed by atoms with Gasteiger partial charge in [0.25, 0.3) is 0 Å². The number of carbonyl (C=O) groups excluding carboxylic acids is 2. The van der Waals surface area contributed by atoms with Gasteiger partial charge in [-0.25, -0.2) is 9.82 Å². The van der Waals surface area contributed by atoms with Crippen molar-refractivity contribution in [2.45, 2.75) is 6.42 Å². The van der Waals surface area contributed by atoms with Gasteiger partial charge in [0.05, 0.1) is 0 Å². The first-order valence-corrected chi connectivity index (χ1v) is 6.57. The van der Waals surface area contributed by atoms with Crippen LogP contribution in [0.5, 0.6) is 0 Å². The topological polar surface area (TPSA) is 70.6 Å². The summed E-state index contributed by atoms with van der Waals surface area (Å²) in [6.45, 7) is 0. The monoisotopic (exact) mass is 299 g/mol. The SMILES string of the molecule is O=C(NN=CCc1ccccc1)C(=O)Nc1ccc(F)cc1. The molecule has 0 heterocycles. The second kappa shape index (κ2) is 7.68. The predicted molar refractivity (Wildman–Crippen MR) is 81.8 cm³/mol. The number of hydrazone groups is 1. The van der Waals surface area contributed by atoms with Crippen LogP contribution >= 0.6 is 0 Å². The first-order valence-electron chi connectivity index (χ1n) is 6.57. The molecule has 0 spiro atoms. The van der Waals surface area contributed by atoms with Crippen molar-refractivity contribution in [1.29, 1.82) is 0 Å². The smallest absolute Gasteiger partial charge is 0.318 e. The zero-order valence-electron chi connectivity index (χ0n) is 11.6. The largest absolute Gasteiger partial charge is 0.329 e. The van der Waals surface area contributed by atoms with Gasteiger partial charge in [0.2, 0.25) is 0 Å². The Hall–Kier alpha value is -3.02. The van der Waals surface area contributed by atoms with E-state index < -0.39 is 17.6 Å². The van der Waals surface area contributed by atoms with Crippen molar-refractivity contribution in [3.05, 3.63) is 66.0 Å². The van der Waals surface area contributed by atoms with Crippen molar-refractivity contribution in [2.24, 2.45) is 5.10 Å². The molecule has 112 valence electrons. The maximum Gasteiger partial charge on any atom is 0.329 e. The van der Waals surface area contributed by atoms with E-state index in [9.17, 15) is 14.0 Å². The summed E-state index contributed by atoms with van der Waals surface area (Å²) in [7, 11) is 0. The quantitative estimate of drug-likeness (QED) is 0.515. The molecule has 0 aliphatic rings. The molecule has 0 saturated carbocycles. The molecule has 2 amide bonds. The van der Waals surface area contributed by atoms with Gasteiger partial charge in [0.1, 0.15) is 5.82 Å². The fraction of sp³-hybridized carbons (Fsp3) is 0.0625. The molecule has 0 saturated heterocycles. The van der Waals surface area contributed by atoms with Crippen LogP contribution < -0.4 is 10.7 Å². The van der Waals surface area contributed by atoms with Gasteiger partial charge in [-0.3, -0.25) is 9.59 Å². The maximum atomic E-state index is 12.7. The van der Waals surface area contributed by atoms with Crippen LogP contribution in [0.4, 0.5) is 10.1 Å². The number of benzene rings is 2. The van der Waals surface area contributed by atoms with Crippen LogP contribution in [0.3, 0.4) is 0 Å². The number of amides is 2. The van der Waals surface area contributed by atoms with Gasteiger partial charge in [0, 0.05) is 18.3 Å². The van der Waals surface area contributed by atoms with E-state index in [-0.39, 0.29) is 0 Å². The van der Waals surface area contributed by atoms with Crippen LogP contribution in [0.25, 0.3) is 0 Å². The number of anilines is 1. The lowest BCUT2D eigenvalue weighted by atomic mass is 10.2. The molecular weight excluding hydrogens is 285 g/mol. The van der Waals surface area contributed by atoms with Gasteiger partial charge in [0.15, 0.2) is 0 Å². The molecule has 0 bridgehead atoms. The molecule has 0 aliphatic carbocycles. The highest BCUT2D eigenvalue weighted by Gasteiger charge is 2.12. The zero-order valence-corrected chi connectivity index (χ0v) is 11.6. The summed E-state index contributed by atoms with van der Waals surface area (Å²) >= 11 is 0. The maximum absolute atomic E-state index is 12.7. The lowest BCUT2D eigenvalue weighted by Gasteiger charge is -2.03. The second-order valence-corrected chi connectivity index (χ2v) is 4.40. The molecule has 0 fully saturated rings. The number of hydrogen-bond donors (Lipinski definition) is 2.